The van der Waals surface area contributed by atoms with Crippen LogP contribution in [0.15, 0.2) is 12.7 Å². The van der Waals surface area contributed by atoms with Crippen LogP contribution in [0.4, 0.5) is 5.82 Å². The number of ether oxygens (including phenoxy) is 1. The molecule has 1 N–H and O–H groups in total. The molecule has 0 aliphatic rings. The summed E-state index contributed by atoms with van der Waals surface area (Å²) in [6.07, 6.45) is 3.26. The van der Waals surface area contributed by atoms with Crippen molar-refractivity contribution >= 4 is 17.0 Å². The van der Waals surface area contributed by atoms with Gasteiger partial charge in [-0.1, -0.05) is 0 Å². The average Bonchev–Trinajstić information content (AvgIpc) is 2.77. The van der Waals surface area contributed by atoms with Crippen LogP contribution in [-0.2, 0) is 11.3 Å². The molecule has 2 aromatic rings. The molecule has 18 heavy (non-hydrogen) atoms. The normalized spacial score (nSPS) is 11.1. The molecule has 0 fully saturated rings. The molecule has 0 saturated heterocycles. The van der Waals surface area contributed by atoms with Gasteiger partial charge >= 0.3 is 0 Å². The fourth-order valence-electron chi connectivity index (χ4n) is 1.69. The van der Waals surface area contributed by atoms with Crippen LogP contribution in [0.5, 0.6) is 0 Å². The Labute approximate surface area is 105 Å². The van der Waals surface area contributed by atoms with Crippen molar-refractivity contribution in [1.29, 1.82) is 0 Å². The number of nitrogens with zero attached hydrogens (tertiary/aromatic N) is 5. The number of aromatic nitrogens is 4. The summed E-state index contributed by atoms with van der Waals surface area (Å²) in [6, 6.07) is 0. The van der Waals surface area contributed by atoms with E-state index in [9.17, 15) is 0 Å². The molecule has 0 unspecified atom stereocenters. The van der Waals surface area contributed by atoms with Gasteiger partial charge in [-0.25, -0.2) is 15.0 Å². The van der Waals surface area contributed by atoms with E-state index in [1.807, 2.05) is 23.6 Å². The van der Waals surface area contributed by atoms with Crippen LogP contribution >= 0.6 is 0 Å². The molecule has 0 aromatic carbocycles. The van der Waals surface area contributed by atoms with Crippen LogP contribution in [0.1, 0.15) is 0 Å². The Morgan fingerprint density at radius 3 is 2.83 bits per heavy atom. The van der Waals surface area contributed by atoms with Crippen LogP contribution in [0.25, 0.3) is 11.2 Å². The molecule has 0 spiro atoms. The van der Waals surface area contributed by atoms with Gasteiger partial charge in [-0.15, -0.1) is 0 Å². The van der Waals surface area contributed by atoms with Gasteiger partial charge in [0.05, 0.1) is 26.1 Å². The zero-order valence-electron chi connectivity index (χ0n) is 10.6. The Hall–Kier alpha value is -1.73. The maximum Gasteiger partial charge on any atom is 0.165 e. The van der Waals surface area contributed by atoms with E-state index in [-0.39, 0.29) is 6.61 Å². The maximum absolute atomic E-state index is 8.62. The molecule has 0 atom stereocenters. The summed E-state index contributed by atoms with van der Waals surface area (Å²) in [5.74, 6) is 0.801. The topological polar surface area (TPSA) is 76.3 Å². The lowest BCUT2D eigenvalue weighted by Crippen LogP contribution is -2.12. The van der Waals surface area contributed by atoms with Crippen molar-refractivity contribution in [2.45, 2.75) is 6.54 Å². The minimum Gasteiger partial charge on any atom is -0.394 e. The van der Waals surface area contributed by atoms with Crippen molar-refractivity contribution in [3.05, 3.63) is 12.7 Å². The van der Waals surface area contributed by atoms with E-state index < -0.39 is 0 Å². The molecular formula is C11H17N5O2. The minimum absolute atomic E-state index is 0.0393. The fourth-order valence-corrected chi connectivity index (χ4v) is 1.69. The zero-order chi connectivity index (χ0) is 13.0. The second-order valence-corrected chi connectivity index (χ2v) is 4.04. The van der Waals surface area contributed by atoms with E-state index in [2.05, 4.69) is 15.0 Å². The molecule has 0 radical (unpaired) electrons. The number of aliphatic hydroxyl groups is 1. The first-order chi connectivity index (χ1) is 8.74. The fraction of sp³-hybridized carbons (Fsp3) is 0.545. The van der Waals surface area contributed by atoms with Gasteiger partial charge in [-0.05, 0) is 0 Å². The van der Waals surface area contributed by atoms with Crippen LogP contribution < -0.4 is 4.90 Å². The lowest BCUT2D eigenvalue weighted by molar-refractivity contribution is 0.0874. The van der Waals surface area contributed by atoms with Crippen molar-refractivity contribution in [3.8, 4) is 0 Å². The number of anilines is 1. The van der Waals surface area contributed by atoms with Gasteiger partial charge in [-0.3, -0.25) is 0 Å². The Balaban J connectivity index is 2.18. The van der Waals surface area contributed by atoms with Gasteiger partial charge in [0, 0.05) is 20.6 Å². The predicted molar refractivity (Wildman–Crippen MR) is 67.6 cm³/mol. The van der Waals surface area contributed by atoms with E-state index in [1.54, 1.807) is 6.33 Å². The van der Waals surface area contributed by atoms with Gasteiger partial charge in [0.2, 0.25) is 0 Å². The van der Waals surface area contributed by atoms with Crippen molar-refractivity contribution < 1.29 is 9.84 Å². The Morgan fingerprint density at radius 1 is 1.28 bits per heavy atom. The van der Waals surface area contributed by atoms with E-state index in [4.69, 9.17) is 9.84 Å². The van der Waals surface area contributed by atoms with Crippen molar-refractivity contribution in [3.63, 3.8) is 0 Å². The zero-order valence-corrected chi connectivity index (χ0v) is 10.6. The second-order valence-electron chi connectivity index (χ2n) is 4.04. The van der Waals surface area contributed by atoms with E-state index in [1.165, 1.54) is 6.33 Å². The van der Waals surface area contributed by atoms with Gasteiger partial charge in [0.15, 0.2) is 17.0 Å². The summed E-state index contributed by atoms with van der Waals surface area (Å²) >= 11 is 0. The highest BCUT2D eigenvalue weighted by Gasteiger charge is 2.10. The Bertz CT molecular complexity index is 511. The highest BCUT2D eigenvalue weighted by atomic mass is 16.5. The minimum atomic E-state index is 0.0393. The summed E-state index contributed by atoms with van der Waals surface area (Å²) in [6.45, 7) is 1.57. The van der Waals surface area contributed by atoms with Gasteiger partial charge in [0.25, 0.3) is 0 Å². The van der Waals surface area contributed by atoms with Gasteiger partial charge in [0.1, 0.15) is 6.33 Å². The number of fused-ring (bicyclic) bond motifs is 1. The predicted octanol–water partition coefficient (Wildman–Crippen LogP) is -0.0988. The van der Waals surface area contributed by atoms with E-state index >= 15 is 0 Å². The maximum atomic E-state index is 8.62. The van der Waals surface area contributed by atoms with Crippen molar-refractivity contribution in [2.75, 3.05) is 38.8 Å². The molecule has 0 bridgehead atoms. The van der Waals surface area contributed by atoms with E-state index in [0.29, 0.717) is 19.8 Å². The number of hydrogen-bond donors (Lipinski definition) is 1. The summed E-state index contributed by atoms with van der Waals surface area (Å²) in [5.41, 5.74) is 1.57. The van der Waals surface area contributed by atoms with Crippen LogP contribution in [0.2, 0.25) is 0 Å². The largest absolute Gasteiger partial charge is 0.394 e. The SMILES string of the molecule is CN(C)c1ncnc2c1ncn2CCOCCO. The standard InChI is InChI=1S/C11H17N5O2/c1-15(2)10-9-11(13-7-12-10)16(8-14-9)3-5-18-6-4-17/h7-8,17H,3-6H2,1-2H3. The molecule has 0 amide bonds. The molecule has 0 aliphatic carbocycles. The number of hydrogen-bond acceptors (Lipinski definition) is 6. The third-order valence-corrected chi connectivity index (χ3v) is 2.52. The molecular weight excluding hydrogens is 234 g/mol. The van der Waals surface area contributed by atoms with Crippen LogP contribution in [0.3, 0.4) is 0 Å². The number of rotatable bonds is 6. The first-order valence-corrected chi connectivity index (χ1v) is 5.76. The first kappa shape index (κ1) is 12.7. The first-order valence-electron chi connectivity index (χ1n) is 5.76. The lowest BCUT2D eigenvalue weighted by atomic mass is 10.4. The van der Waals surface area contributed by atoms with Gasteiger partial charge < -0.3 is 19.3 Å². The second kappa shape index (κ2) is 5.74. The molecule has 2 rings (SSSR count). The molecule has 7 heteroatoms. The van der Waals surface area contributed by atoms with Crippen molar-refractivity contribution in [2.24, 2.45) is 0 Å². The summed E-state index contributed by atoms with van der Waals surface area (Å²) in [4.78, 5) is 14.7. The Kier molecular flexibility index (Phi) is 4.06. The third kappa shape index (κ3) is 2.57. The number of aliphatic hydroxyl groups excluding tert-OH is 1. The molecule has 0 saturated carbocycles. The quantitative estimate of drug-likeness (QED) is 0.723. The highest BCUT2D eigenvalue weighted by molar-refractivity contribution is 5.82. The average molecular weight is 251 g/mol. The lowest BCUT2D eigenvalue weighted by Gasteiger charge is -2.10. The number of imidazole rings is 1. The smallest absolute Gasteiger partial charge is 0.165 e. The monoisotopic (exact) mass is 251 g/mol. The highest BCUT2D eigenvalue weighted by Crippen LogP contribution is 2.18. The van der Waals surface area contributed by atoms with Gasteiger partial charge in [-0.2, -0.15) is 0 Å². The molecule has 2 heterocycles. The molecule has 2 aromatic heterocycles. The summed E-state index contributed by atoms with van der Waals surface area (Å²) < 4.78 is 7.15. The molecule has 98 valence electrons. The molecule has 0 aliphatic heterocycles. The van der Waals surface area contributed by atoms with Crippen LogP contribution in [0, 0.1) is 0 Å². The molecule has 7 nitrogen and oxygen atoms in total. The summed E-state index contributed by atoms with van der Waals surface area (Å²) in [5, 5.41) is 8.62. The summed E-state index contributed by atoms with van der Waals surface area (Å²) in [7, 11) is 3.84. The Morgan fingerprint density at radius 2 is 2.11 bits per heavy atom. The van der Waals surface area contributed by atoms with E-state index in [0.717, 1.165) is 17.0 Å². The van der Waals surface area contributed by atoms with Crippen molar-refractivity contribution in [1.82, 2.24) is 19.5 Å². The van der Waals surface area contributed by atoms with Crippen LogP contribution in [-0.4, -0.2) is 58.5 Å². The third-order valence-electron chi connectivity index (χ3n) is 2.52.